The van der Waals surface area contributed by atoms with E-state index in [0.29, 0.717) is 23.7 Å². The largest absolute Gasteiger partial charge is 0.496 e. The zero-order valence-electron chi connectivity index (χ0n) is 13.8. The molecule has 0 heterocycles. The summed E-state index contributed by atoms with van der Waals surface area (Å²) in [4.78, 5) is 10.9. The molecule has 0 aliphatic carbocycles. The lowest BCUT2D eigenvalue weighted by Crippen LogP contribution is -2.00. The van der Waals surface area contributed by atoms with E-state index < -0.39 is 0 Å². The summed E-state index contributed by atoms with van der Waals surface area (Å²) < 4.78 is 16.8. The lowest BCUT2D eigenvalue weighted by Gasteiger charge is -2.11. The summed E-state index contributed by atoms with van der Waals surface area (Å²) in [6.45, 7) is 0.309. The Morgan fingerprint density at radius 1 is 0.840 bits per heavy atom. The van der Waals surface area contributed by atoms with Crippen LogP contribution in [0.15, 0.2) is 72.8 Å². The number of methoxy groups -OCH3 is 1. The van der Waals surface area contributed by atoms with Crippen molar-refractivity contribution in [2.24, 2.45) is 0 Å². The SMILES string of the molecule is COc1ccc(C=O)cc1COc1ccc(Oc2ccccc2)cc1. The molecule has 3 aromatic carbocycles. The molecule has 4 heteroatoms. The fourth-order valence-corrected chi connectivity index (χ4v) is 2.37. The molecule has 25 heavy (non-hydrogen) atoms. The van der Waals surface area contributed by atoms with Gasteiger partial charge in [0.2, 0.25) is 0 Å². The van der Waals surface area contributed by atoms with Crippen molar-refractivity contribution in [1.82, 2.24) is 0 Å². The molecule has 0 spiro atoms. The molecule has 0 saturated carbocycles. The van der Waals surface area contributed by atoms with Crippen LogP contribution in [0.1, 0.15) is 15.9 Å². The van der Waals surface area contributed by atoms with Crippen LogP contribution in [0.25, 0.3) is 0 Å². The van der Waals surface area contributed by atoms with Gasteiger partial charge in [0.25, 0.3) is 0 Å². The third kappa shape index (κ3) is 4.38. The Kier molecular flexibility index (Phi) is 5.32. The minimum atomic E-state index is 0.309. The van der Waals surface area contributed by atoms with Crippen LogP contribution < -0.4 is 14.2 Å². The normalized spacial score (nSPS) is 10.1. The quantitative estimate of drug-likeness (QED) is 0.578. The first kappa shape index (κ1) is 16.6. The van der Waals surface area contributed by atoms with E-state index in [1.54, 1.807) is 25.3 Å². The first-order valence-corrected chi connectivity index (χ1v) is 7.86. The topological polar surface area (TPSA) is 44.8 Å². The van der Waals surface area contributed by atoms with E-state index >= 15 is 0 Å². The second kappa shape index (κ2) is 8.02. The summed E-state index contributed by atoms with van der Waals surface area (Å²) in [5.74, 6) is 2.92. The van der Waals surface area contributed by atoms with Crippen LogP contribution in [0.2, 0.25) is 0 Å². The Morgan fingerprint density at radius 3 is 2.20 bits per heavy atom. The molecule has 0 aliphatic heterocycles. The number of ether oxygens (including phenoxy) is 3. The maximum Gasteiger partial charge on any atom is 0.150 e. The molecule has 126 valence electrons. The van der Waals surface area contributed by atoms with Gasteiger partial charge in [-0.05, 0) is 54.6 Å². The summed E-state index contributed by atoms with van der Waals surface area (Å²) in [6, 6.07) is 22.2. The fourth-order valence-electron chi connectivity index (χ4n) is 2.37. The van der Waals surface area contributed by atoms with E-state index in [1.807, 2.05) is 54.6 Å². The molecule has 4 nitrogen and oxygen atoms in total. The molecule has 0 unspecified atom stereocenters. The van der Waals surface area contributed by atoms with Crippen LogP contribution in [-0.4, -0.2) is 13.4 Å². The number of aldehydes is 1. The van der Waals surface area contributed by atoms with Gasteiger partial charge in [-0.2, -0.15) is 0 Å². The van der Waals surface area contributed by atoms with Crippen molar-refractivity contribution in [3.05, 3.63) is 83.9 Å². The minimum absolute atomic E-state index is 0.309. The molecule has 3 aromatic rings. The fraction of sp³-hybridized carbons (Fsp3) is 0.0952. The van der Waals surface area contributed by atoms with Crippen LogP contribution >= 0.6 is 0 Å². The summed E-state index contributed by atoms with van der Waals surface area (Å²) in [6.07, 6.45) is 0.804. The number of hydrogen-bond donors (Lipinski definition) is 0. The van der Waals surface area contributed by atoms with Gasteiger partial charge in [0.05, 0.1) is 7.11 Å². The monoisotopic (exact) mass is 334 g/mol. The highest BCUT2D eigenvalue weighted by atomic mass is 16.5. The van der Waals surface area contributed by atoms with Crippen molar-refractivity contribution < 1.29 is 19.0 Å². The number of para-hydroxylation sites is 1. The lowest BCUT2D eigenvalue weighted by molar-refractivity contribution is 0.112. The maximum absolute atomic E-state index is 10.9. The standard InChI is InChI=1S/C21H18O4/c1-23-21-12-7-16(14-22)13-17(21)15-24-18-8-10-20(11-9-18)25-19-5-3-2-4-6-19/h2-14H,15H2,1H3. The highest BCUT2D eigenvalue weighted by Gasteiger charge is 2.06. The van der Waals surface area contributed by atoms with Gasteiger partial charge in [-0.15, -0.1) is 0 Å². The Labute approximate surface area is 146 Å². The lowest BCUT2D eigenvalue weighted by atomic mass is 10.1. The molecule has 0 amide bonds. The van der Waals surface area contributed by atoms with Gasteiger partial charge in [-0.1, -0.05) is 18.2 Å². The predicted molar refractivity (Wildman–Crippen MR) is 95.7 cm³/mol. The molecule has 0 saturated heterocycles. The van der Waals surface area contributed by atoms with Crippen molar-refractivity contribution >= 4 is 6.29 Å². The van der Waals surface area contributed by atoms with Crippen molar-refractivity contribution in [2.75, 3.05) is 7.11 Å². The summed E-state index contributed by atoms with van der Waals surface area (Å²) in [5, 5.41) is 0. The second-order valence-electron chi connectivity index (χ2n) is 5.36. The molecule has 0 fully saturated rings. The Balaban J connectivity index is 1.65. The van der Waals surface area contributed by atoms with Gasteiger partial charge < -0.3 is 14.2 Å². The van der Waals surface area contributed by atoms with Gasteiger partial charge in [-0.25, -0.2) is 0 Å². The highest BCUT2D eigenvalue weighted by Crippen LogP contribution is 2.25. The number of carbonyl (C=O) groups excluding carboxylic acids is 1. The van der Waals surface area contributed by atoms with Gasteiger partial charge in [0.15, 0.2) is 0 Å². The smallest absolute Gasteiger partial charge is 0.150 e. The van der Waals surface area contributed by atoms with E-state index in [2.05, 4.69) is 0 Å². The van der Waals surface area contributed by atoms with Gasteiger partial charge >= 0.3 is 0 Å². The molecule has 0 aromatic heterocycles. The summed E-state index contributed by atoms with van der Waals surface area (Å²) in [5.41, 5.74) is 1.41. The second-order valence-corrected chi connectivity index (χ2v) is 5.36. The highest BCUT2D eigenvalue weighted by molar-refractivity contribution is 5.75. The van der Waals surface area contributed by atoms with Gasteiger partial charge in [-0.3, -0.25) is 4.79 Å². The minimum Gasteiger partial charge on any atom is -0.496 e. The van der Waals surface area contributed by atoms with Crippen molar-refractivity contribution in [3.63, 3.8) is 0 Å². The molecule has 0 aliphatic rings. The van der Waals surface area contributed by atoms with Crippen molar-refractivity contribution in [1.29, 1.82) is 0 Å². The number of hydrogen-bond acceptors (Lipinski definition) is 4. The van der Waals surface area contributed by atoms with Crippen molar-refractivity contribution in [2.45, 2.75) is 6.61 Å². The number of carbonyl (C=O) groups is 1. The molecular formula is C21H18O4. The maximum atomic E-state index is 10.9. The average Bonchev–Trinajstić information content (AvgIpc) is 2.68. The predicted octanol–water partition coefficient (Wildman–Crippen LogP) is 4.88. The Bertz CT molecular complexity index is 826. The summed E-state index contributed by atoms with van der Waals surface area (Å²) in [7, 11) is 1.59. The number of rotatable bonds is 7. The van der Waals surface area contributed by atoms with E-state index in [4.69, 9.17) is 14.2 Å². The number of benzene rings is 3. The van der Waals surface area contributed by atoms with Crippen LogP contribution in [-0.2, 0) is 6.61 Å². The van der Waals surface area contributed by atoms with Crippen LogP contribution in [0.3, 0.4) is 0 Å². The Morgan fingerprint density at radius 2 is 1.52 bits per heavy atom. The third-order valence-corrected chi connectivity index (χ3v) is 3.64. The molecular weight excluding hydrogens is 316 g/mol. The van der Waals surface area contributed by atoms with Crippen LogP contribution in [0, 0.1) is 0 Å². The van der Waals surface area contributed by atoms with E-state index in [0.717, 1.165) is 23.3 Å². The van der Waals surface area contributed by atoms with Gasteiger partial charge in [0, 0.05) is 11.1 Å². The molecule has 0 atom stereocenters. The molecule has 0 bridgehead atoms. The van der Waals surface area contributed by atoms with Gasteiger partial charge in [0.1, 0.15) is 35.9 Å². The first-order valence-electron chi connectivity index (χ1n) is 7.86. The Hall–Kier alpha value is -3.27. The van der Waals surface area contributed by atoms with E-state index in [1.165, 1.54) is 0 Å². The average molecular weight is 334 g/mol. The molecule has 0 N–H and O–H groups in total. The summed E-state index contributed by atoms with van der Waals surface area (Å²) >= 11 is 0. The molecule has 3 rings (SSSR count). The third-order valence-electron chi connectivity index (χ3n) is 3.64. The zero-order chi connectivity index (χ0) is 17.5. The van der Waals surface area contributed by atoms with Crippen LogP contribution in [0.4, 0.5) is 0 Å². The van der Waals surface area contributed by atoms with E-state index in [9.17, 15) is 4.79 Å². The molecule has 0 radical (unpaired) electrons. The zero-order valence-corrected chi connectivity index (χ0v) is 13.8. The van der Waals surface area contributed by atoms with E-state index in [-0.39, 0.29) is 0 Å². The van der Waals surface area contributed by atoms with Crippen LogP contribution in [0.5, 0.6) is 23.0 Å². The first-order chi connectivity index (χ1) is 12.3. The van der Waals surface area contributed by atoms with Crippen molar-refractivity contribution in [3.8, 4) is 23.0 Å².